The minimum absolute atomic E-state index is 0.117. The summed E-state index contributed by atoms with van der Waals surface area (Å²) in [4.78, 5) is 12.3. The average Bonchev–Trinajstić information content (AvgIpc) is 3.30. The van der Waals surface area contributed by atoms with Crippen LogP contribution in [0.2, 0.25) is 0 Å². The van der Waals surface area contributed by atoms with Gasteiger partial charge in [0.1, 0.15) is 5.82 Å². The monoisotopic (exact) mass is 347 g/mol. The van der Waals surface area contributed by atoms with Crippen LogP contribution in [-0.4, -0.2) is 23.9 Å². The van der Waals surface area contributed by atoms with Crippen molar-refractivity contribution in [1.29, 1.82) is 0 Å². The molecule has 2 aromatic rings. The van der Waals surface area contributed by atoms with Gasteiger partial charge in [-0.1, -0.05) is 24.2 Å². The van der Waals surface area contributed by atoms with E-state index in [2.05, 4.69) is 15.8 Å². The van der Waals surface area contributed by atoms with Gasteiger partial charge in [-0.15, -0.1) is 0 Å². The van der Waals surface area contributed by atoms with Crippen LogP contribution >= 0.6 is 0 Å². The first-order valence-corrected chi connectivity index (χ1v) is 8.51. The molecule has 6 nitrogen and oxygen atoms in total. The third-order valence-corrected chi connectivity index (χ3v) is 4.25. The average molecular weight is 347 g/mol. The van der Waals surface area contributed by atoms with Gasteiger partial charge in [-0.25, -0.2) is 9.18 Å². The lowest BCUT2D eigenvalue weighted by Gasteiger charge is -2.24. The lowest BCUT2D eigenvalue weighted by atomic mass is 9.99. The number of halogens is 1. The molecule has 2 N–H and O–H groups in total. The molecule has 0 radical (unpaired) electrons. The Bertz CT molecular complexity index is 696. The maximum atomic E-state index is 13.2. The molecule has 1 aromatic heterocycles. The predicted molar refractivity (Wildman–Crippen MR) is 89.4 cm³/mol. The van der Waals surface area contributed by atoms with E-state index in [1.54, 1.807) is 12.1 Å². The standard InChI is InChI=1S/C18H22FN3O3/c1-2-14-10-15(25-22-14)11-20-18(23)21-17(16-4-3-9-24-16)12-5-7-13(19)8-6-12/h5-8,10,16-17H,2-4,9,11H2,1H3,(H2,20,21,23)/t16-,17+/m0/s1. The van der Waals surface area contributed by atoms with Crippen LogP contribution in [0.25, 0.3) is 0 Å². The Labute approximate surface area is 145 Å². The number of aryl methyl sites for hydroxylation is 1. The molecule has 25 heavy (non-hydrogen) atoms. The zero-order valence-corrected chi connectivity index (χ0v) is 14.1. The van der Waals surface area contributed by atoms with Crippen molar-refractivity contribution < 1.29 is 18.4 Å². The molecular formula is C18H22FN3O3. The van der Waals surface area contributed by atoms with Crippen molar-refractivity contribution >= 4 is 6.03 Å². The Morgan fingerprint density at radius 2 is 2.20 bits per heavy atom. The SMILES string of the molecule is CCc1cc(CNC(=O)N[C@H](c2ccc(F)cc2)[C@@H]2CCCO2)on1. The Kier molecular flexibility index (Phi) is 5.65. The molecule has 2 amide bonds. The molecule has 1 aliphatic rings. The van der Waals surface area contributed by atoms with E-state index in [4.69, 9.17) is 9.26 Å². The molecule has 1 aromatic carbocycles. The number of aromatic nitrogens is 1. The number of urea groups is 1. The van der Waals surface area contributed by atoms with Crippen LogP contribution in [0.1, 0.15) is 42.8 Å². The molecular weight excluding hydrogens is 325 g/mol. The van der Waals surface area contributed by atoms with Gasteiger partial charge >= 0.3 is 6.03 Å². The molecule has 0 unspecified atom stereocenters. The van der Waals surface area contributed by atoms with Crippen molar-refractivity contribution in [2.75, 3.05) is 6.61 Å². The van der Waals surface area contributed by atoms with Crippen LogP contribution in [0.15, 0.2) is 34.9 Å². The molecule has 1 fully saturated rings. The first-order valence-electron chi connectivity index (χ1n) is 8.51. The molecule has 0 spiro atoms. The van der Waals surface area contributed by atoms with E-state index in [0.29, 0.717) is 12.4 Å². The second-order valence-electron chi connectivity index (χ2n) is 6.05. The summed E-state index contributed by atoms with van der Waals surface area (Å²) < 4.78 is 24.0. The summed E-state index contributed by atoms with van der Waals surface area (Å²) in [6.07, 6.45) is 2.46. The van der Waals surface area contributed by atoms with E-state index in [1.165, 1.54) is 12.1 Å². The summed E-state index contributed by atoms with van der Waals surface area (Å²) in [5.74, 6) is 0.291. The Morgan fingerprint density at radius 3 is 2.84 bits per heavy atom. The van der Waals surface area contributed by atoms with E-state index in [-0.39, 0.29) is 30.5 Å². The van der Waals surface area contributed by atoms with Gasteiger partial charge in [0.15, 0.2) is 5.76 Å². The van der Waals surface area contributed by atoms with Gasteiger partial charge in [-0.05, 0) is 37.0 Å². The molecule has 3 rings (SSSR count). The van der Waals surface area contributed by atoms with Gasteiger partial charge in [-0.3, -0.25) is 0 Å². The highest BCUT2D eigenvalue weighted by atomic mass is 19.1. The van der Waals surface area contributed by atoms with Crippen LogP contribution < -0.4 is 10.6 Å². The van der Waals surface area contributed by atoms with Gasteiger partial charge in [-0.2, -0.15) is 0 Å². The molecule has 134 valence electrons. The molecule has 2 atom stereocenters. The van der Waals surface area contributed by atoms with Crippen LogP contribution in [0, 0.1) is 5.82 Å². The minimum atomic E-state index is -0.334. The van der Waals surface area contributed by atoms with Gasteiger partial charge in [0, 0.05) is 12.7 Å². The van der Waals surface area contributed by atoms with Crippen LogP contribution in [0.5, 0.6) is 0 Å². The zero-order chi connectivity index (χ0) is 17.6. The number of carbonyl (C=O) groups is 1. The first kappa shape index (κ1) is 17.4. The summed E-state index contributed by atoms with van der Waals surface area (Å²) in [5, 5.41) is 9.57. The summed E-state index contributed by atoms with van der Waals surface area (Å²) >= 11 is 0. The molecule has 0 saturated carbocycles. The Hall–Kier alpha value is -2.41. The fourth-order valence-corrected chi connectivity index (χ4v) is 2.89. The largest absolute Gasteiger partial charge is 0.376 e. The van der Waals surface area contributed by atoms with E-state index in [1.807, 2.05) is 13.0 Å². The van der Waals surface area contributed by atoms with Crippen molar-refractivity contribution in [3.63, 3.8) is 0 Å². The van der Waals surface area contributed by atoms with E-state index >= 15 is 0 Å². The van der Waals surface area contributed by atoms with Crippen molar-refractivity contribution in [1.82, 2.24) is 15.8 Å². The fraction of sp³-hybridized carbons (Fsp3) is 0.444. The first-order chi connectivity index (χ1) is 12.2. The predicted octanol–water partition coefficient (Wildman–Crippen LogP) is 3.10. The zero-order valence-electron chi connectivity index (χ0n) is 14.1. The van der Waals surface area contributed by atoms with E-state index < -0.39 is 0 Å². The smallest absolute Gasteiger partial charge is 0.315 e. The third kappa shape index (κ3) is 4.57. The molecule has 1 saturated heterocycles. The minimum Gasteiger partial charge on any atom is -0.376 e. The second kappa shape index (κ2) is 8.11. The highest BCUT2D eigenvalue weighted by Gasteiger charge is 2.28. The Morgan fingerprint density at radius 1 is 1.40 bits per heavy atom. The number of nitrogens with one attached hydrogen (secondary N) is 2. The highest BCUT2D eigenvalue weighted by Crippen LogP contribution is 2.27. The van der Waals surface area contributed by atoms with E-state index in [0.717, 1.165) is 30.5 Å². The topological polar surface area (TPSA) is 76.4 Å². The number of rotatable bonds is 6. The van der Waals surface area contributed by atoms with E-state index in [9.17, 15) is 9.18 Å². The molecule has 0 bridgehead atoms. The fourth-order valence-electron chi connectivity index (χ4n) is 2.89. The molecule has 1 aliphatic heterocycles. The molecule has 7 heteroatoms. The number of hydrogen-bond acceptors (Lipinski definition) is 4. The normalized spacial score (nSPS) is 18.1. The lowest BCUT2D eigenvalue weighted by molar-refractivity contribution is 0.0807. The van der Waals surface area contributed by atoms with Gasteiger partial charge in [0.2, 0.25) is 0 Å². The van der Waals surface area contributed by atoms with Crippen LogP contribution in [0.3, 0.4) is 0 Å². The number of nitrogens with zero attached hydrogens (tertiary/aromatic N) is 1. The van der Waals surface area contributed by atoms with Crippen LogP contribution in [-0.2, 0) is 17.7 Å². The van der Waals surface area contributed by atoms with Gasteiger partial charge in [0.25, 0.3) is 0 Å². The maximum absolute atomic E-state index is 13.2. The maximum Gasteiger partial charge on any atom is 0.315 e. The number of ether oxygens (including phenoxy) is 1. The highest BCUT2D eigenvalue weighted by molar-refractivity contribution is 5.74. The molecule has 0 aliphatic carbocycles. The number of hydrogen-bond donors (Lipinski definition) is 2. The van der Waals surface area contributed by atoms with Gasteiger partial charge in [0.05, 0.1) is 24.4 Å². The van der Waals surface area contributed by atoms with Crippen molar-refractivity contribution in [2.45, 2.75) is 44.9 Å². The van der Waals surface area contributed by atoms with Crippen molar-refractivity contribution in [3.05, 3.63) is 53.2 Å². The quantitative estimate of drug-likeness (QED) is 0.842. The van der Waals surface area contributed by atoms with Gasteiger partial charge < -0.3 is 19.9 Å². The molecule has 2 heterocycles. The number of amides is 2. The number of benzene rings is 1. The third-order valence-electron chi connectivity index (χ3n) is 4.25. The summed E-state index contributed by atoms with van der Waals surface area (Å²) in [6, 6.07) is 7.27. The summed E-state index contributed by atoms with van der Waals surface area (Å²) in [6.45, 7) is 2.90. The number of carbonyl (C=O) groups excluding carboxylic acids is 1. The summed E-state index contributed by atoms with van der Waals surface area (Å²) in [5.41, 5.74) is 1.66. The van der Waals surface area contributed by atoms with Crippen molar-refractivity contribution in [2.24, 2.45) is 0 Å². The second-order valence-corrected chi connectivity index (χ2v) is 6.05. The van der Waals surface area contributed by atoms with Crippen LogP contribution in [0.4, 0.5) is 9.18 Å². The Balaban J connectivity index is 1.62. The summed E-state index contributed by atoms with van der Waals surface area (Å²) in [7, 11) is 0. The van der Waals surface area contributed by atoms with Crippen molar-refractivity contribution in [3.8, 4) is 0 Å². The lowest BCUT2D eigenvalue weighted by Crippen LogP contribution is -2.41.